The predicted octanol–water partition coefficient (Wildman–Crippen LogP) is 0.519. The molecule has 0 aliphatic carbocycles. The van der Waals surface area contributed by atoms with Gasteiger partial charge in [-0.05, 0) is 13.8 Å². The third kappa shape index (κ3) is 3.16. The van der Waals surface area contributed by atoms with Crippen LogP contribution in [0.5, 0.6) is 0 Å². The zero-order valence-electron chi connectivity index (χ0n) is 8.75. The molecule has 0 bridgehead atoms. The van der Waals surface area contributed by atoms with Gasteiger partial charge in [-0.3, -0.25) is 9.48 Å². The van der Waals surface area contributed by atoms with Gasteiger partial charge >= 0.3 is 0 Å². The number of hydrogen-bond donors (Lipinski definition) is 0. The summed E-state index contributed by atoms with van der Waals surface area (Å²) in [6.45, 7) is 3.58. The van der Waals surface area contributed by atoms with E-state index in [-0.39, 0.29) is 17.5 Å². The number of carbonyl (C=O) groups is 1. The number of aromatic nitrogens is 2. The molecule has 0 aromatic carbocycles. The average molecular weight is 230 g/mol. The fourth-order valence-corrected chi connectivity index (χ4v) is 1.93. The molecule has 0 saturated carbocycles. The Labute approximate surface area is 89.0 Å². The molecule has 0 saturated heterocycles. The maximum absolute atomic E-state index is 11.5. The Morgan fingerprint density at radius 1 is 1.53 bits per heavy atom. The van der Waals surface area contributed by atoms with Crippen LogP contribution in [-0.2, 0) is 16.4 Å². The molecule has 0 spiro atoms. The highest BCUT2D eigenvalue weighted by Crippen LogP contribution is 2.02. The first kappa shape index (κ1) is 11.9. The molecule has 0 aliphatic heterocycles. The number of sulfone groups is 1. The summed E-state index contributed by atoms with van der Waals surface area (Å²) in [5, 5.41) is 3.49. The zero-order chi connectivity index (χ0) is 11.5. The minimum absolute atomic E-state index is 0.0463. The molecule has 0 radical (unpaired) electrons. The second kappa shape index (κ2) is 4.57. The molecular formula is C9H14N2O3S. The Hall–Kier alpha value is -1.17. The molecule has 0 aliphatic rings. The fourth-order valence-electron chi connectivity index (χ4n) is 1.02. The van der Waals surface area contributed by atoms with Crippen molar-refractivity contribution < 1.29 is 13.2 Å². The highest BCUT2D eigenvalue weighted by molar-refractivity contribution is 7.91. The molecule has 1 rings (SSSR count). The molecule has 5 nitrogen and oxygen atoms in total. The number of aldehydes is 1. The van der Waals surface area contributed by atoms with Gasteiger partial charge in [0, 0.05) is 6.20 Å². The lowest BCUT2D eigenvalue weighted by atomic mass is 10.4. The van der Waals surface area contributed by atoms with Crippen LogP contribution >= 0.6 is 0 Å². The summed E-state index contributed by atoms with van der Waals surface area (Å²) in [7, 11) is -3.04. The van der Waals surface area contributed by atoms with Crippen LogP contribution in [0.1, 0.15) is 24.2 Å². The second-order valence-corrected chi connectivity index (χ2v) is 6.25. The molecule has 1 heterocycles. The summed E-state index contributed by atoms with van der Waals surface area (Å²) in [6.07, 6.45) is 3.62. The molecule has 1 aromatic rings. The van der Waals surface area contributed by atoms with E-state index in [9.17, 15) is 13.2 Å². The van der Waals surface area contributed by atoms with Gasteiger partial charge in [0.25, 0.3) is 0 Å². The van der Waals surface area contributed by atoms with Gasteiger partial charge in [0.1, 0.15) is 0 Å². The molecule has 15 heavy (non-hydrogen) atoms. The SMILES string of the molecule is CC(C)S(=O)(=O)CCn1cc(C=O)cn1. The Balaban J connectivity index is 2.61. The van der Waals surface area contributed by atoms with Gasteiger partial charge in [0.2, 0.25) is 0 Å². The average Bonchev–Trinajstić information content (AvgIpc) is 2.62. The molecule has 0 atom stereocenters. The van der Waals surface area contributed by atoms with Crippen LogP contribution in [0.25, 0.3) is 0 Å². The lowest BCUT2D eigenvalue weighted by Gasteiger charge is -2.06. The van der Waals surface area contributed by atoms with Crippen molar-refractivity contribution in [3.8, 4) is 0 Å². The predicted molar refractivity (Wildman–Crippen MR) is 56.5 cm³/mol. The Bertz CT molecular complexity index is 434. The van der Waals surface area contributed by atoms with Crippen molar-refractivity contribution in [2.75, 3.05) is 5.75 Å². The topological polar surface area (TPSA) is 69.0 Å². The van der Waals surface area contributed by atoms with Gasteiger partial charge in [-0.15, -0.1) is 0 Å². The van der Waals surface area contributed by atoms with Crippen molar-refractivity contribution >= 4 is 16.1 Å². The maximum atomic E-state index is 11.5. The summed E-state index contributed by atoms with van der Waals surface area (Å²) in [5.41, 5.74) is 0.456. The van der Waals surface area contributed by atoms with E-state index in [0.717, 1.165) is 0 Å². The maximum Gasteiger partial charge on any atom is 0.154 e. The fraction of sp³-hybridized carbons (Fsp3) is 0.556. The van der Waals surface area contributed by atoms with Gasteiger partial charge in [0.05, 0.1) is 29.3 Å². The van der Waals surface area contributed by atoms with E-state index in [1.165, 1.54) is 17.1 Å². The first-order chi connectivity index (χ1) is 6.95. The molecule has 0 fully saturated rings. The lowest BCUT2D eigenvalue weighted by Crippen LogP contribution is -2.21. The summed E-state index contributed by atoms with van der Waals surface area (Å²) in [6, 6.07) is 0. The van der Waals surface area contributed by atoms with Crippen LogP contribution in [0.2, 0.25) is 0 Å². The van der Waals surface area contributed by atoms with E-state index < -0.39 is 9.84 Å². The zero-order valence-corrected chi connectivity index (χ0v) is 9.57. The number of rotatable bonds is 5. The largest absolute Gasteiger partial charge is 0.298 e. The minimum Gasteiger partial charge on any atom is -0.298 e. The molecule has 1 aromatic heterocycles. The highest BCUT2D eigenvalue weighted by Gasteiger charge is 2.15. The third-order valence-corrected chi connectivity index (χ3v) is 4.30. The normalized spacial score (nSPS) is 11.9. The summed E-state index contributed by atoms with van der Waals surface area (Å²) in [5.74, 6) is 0.0463. The number of carbonyl (C=O) groups excluding carboxylic acids is 1. The molecule has 0 unspecified atom stereocenters. The van der Waals surface area contributed by atoms with E-state index in [1.807, 2.05) is 0 Å². The van der Waals surface area contributed by atoms with Crippen LogP contribution in [0.15, 0.2) is 12.4 Å². The lowest BCUT2D eigenvalue weighted by molar-refractivity contribution is 0.112. The van der Waals surface area contributed by atoms with E-state index in [1.54, 1.807) is 13.8 Å². The van der Waals surface area contributed by atoms with Crippen molar-refractivity contribution in [1.29, 1.82) is 0 Å². The first-order valence-corrected chi connectivity index (χ1v) is 6.36. The monoisotopic (exact) mass is 230 g/mol. The minimum atomic E-state index is -3.04. The van der Waals surface area contributed by atoms with Crippen LogP contribution in [0.3, 0.4) is 0 Å². The van der Waals surface area contributed by atoms with E-state index in [4.69, 9.17) is 0 Å². The summed E-state index contributed by atoms with van der Waals surface area (Å²) < 4.78 is 24.4. The van der Waals surface area contributed by atoms with E-state index in [2.05, 4.69) is 5.10 Å². The molecule has 6 heteroatoms. The first-order valence-electron chi connectivity index (χ1n) is 4.65. The van der Waals surface area contributed by atoms with Gasteiger partial charge < -0.3 is 0 Å². The van der Waals surface area contributed by atoms with Gasteiger partial charge in [-0.2, -0.15) is 5.10 Å². The van der Waals surface area contributed by atoms with Crippen molar-refractivity contribution in [2.24, 2.45) is 0 Å². The van der Waals surface area contributed by atoms with Gasteiger partial charge in [-0.25, -0.2) is 8.42 Å². The Morgan fingerprint density at radius 3 is 2.67 bits per heavy atom. The third-order valence-electron chi connectivity index (χ3n) is 2.11. The van der Waals surface area contributed by atoms with E-state index in [0.29, 0.717) is 11.8 Å². The van der Waals surface area contributed by atoms with Crippen LogP contribution in [0.4, 0.5) is 0 Å². The molecule has 0 amide bonds. The van der Waals surface area contributed by atoms with Crippen LogP contribution in [-0.4, -0.2) is 35.5 Å². The molecule has 0 N–H and O–H groups in total. The Morgan fingerprint density at radius 2 is 2.20 bits per heavy atom. The van der Waals surface area contributed by atoms with Crippen molar-refractivity contribution in [3.05, 3.63) is 18.0 Å². The van der Waals surface area contributed by atoms with Gasteiger partial charge in [-0.1, -0.05) is 0 Å². The van der Waals surface area contributed by atoms with Gasteiger partial charge in [0.15, 0.2) is 16.1 Å². The highest BCUT2D eigenvalue weighted by atomic mass is 32.2. The smallest absolute Gasteiger partial charge is 0.154 e. The number of aryl methyl sites for hydroxylation is 1. The van der Waals surface area contributed by atoms with Crippen molar-refractivity contribution in [3.63, 3.8) is 0 Å². The van der Waals surface area contributed by atoms with E-state index >= 15 is 0 Å². The summed E-state index contributed by atoms with van der Waals surface area (Å²) in [4.78, 5) is 10.4. The molecule has 84 valence electrons. The number of hydrogen-bond acceptors (Lipinski definition) is 4. The number of nitrogens with zero attached hydrogens (tertiary/aromatic N) is 2. The quantitative estimate of drug-likeness (QED) is 0.691. The molecular weight excluding hydrogens is 216 g/mol. The van der Waals surface area contributed by atoms with Crippen molar-refractivity contribution in [1.82, 2.24) is 9.78 Å². The van der Waals surface area contributed by atoms with Crippen molar-refractivity contribution in [2.45, 2.75) is 25.6 Å². The second-order valence-electron chi connectivity index (χ2n) is 3.57. The van der Waals surface area contributed by atoms with Crippen LogP contribution in [0, 0.1) is 0 Å². The van der Waals surface area contributed by atoms with Crippen LogP contribution < -0.4 is 0 Å². The summed E-state index contributed by atoms with van der Waals surface area (Å²) >= 11 is 0. The standard InChI is InChI=1S/C9H14N2O3S/c1-8(2)15(13,14)4-3-11-6-9(7-12)5-10-11/h5-8H,3-4H2,1-2H3. The Kier molecular flexibility index (Phi) is 3.62.